The van der Waals surface area contributed by atoms with E-state index in [1.54, 1.807) is 24.2 Å². The minimum atomic E-state index is 0.880. The molecule has 70 valence electrons. The maximum absolute atomic E-state index is 4.12. The quantitative estimate of drug-likeness (QED) is 0.702. The molecule has 0 N–H and O–H groups in total. The Hall–Kier alpha value is -1.42. The summed E-state index contributed by atoms with van der Waals surface area (Å²) in [5.41, 5.74) is 1.92. The monoisotopic (exact) mass is 203 g/mol. The predicted octanol–water partition coefficient (Wildman–Crippen LogP) is 2.26. The average Bonchev–Trinajstić information content (AvgIpc) is 2.30. The standard InChI is InChI=1S/C10H9N3S/c1-14-10-3-2-9(12-13-10)8-4-6-11-7-5-8/h2-7H,1H3. The van der Waals surface area contributed by atoms with Crippen LogP contribution < -0.4 is 0 Å². The fourth-order valence-corrected chi connectivity index (χ4v) is 1.43. The Balaban J connectivity index is 2.34. The Morgan fingerprint density at radius 3 is 2.36 bits per heavy atom. The highest BCUT2D eigenvalue weighted by Gasteiger charge is 1.98. The van der Waals surface area contributed by atoms with Gasteiger partial charge in [-0.15, -0.1) is 22.0 Å². The van der Waals surface area contributed by atoms with Crippen LogP contribution in [0.2, 0.25) is 0 Å². The molecule has 0 saturated carbocycles. The van der Waals surface area contributed by atoms with Gasteiger partial charge in [0.15, 0.2) is 0 Å². The smallest absolute Gasteiger partial charge is 0.119 e. The second-order valence-electron chi connectivity index (χ2n) is 2.70. The first-order chi connectivity index (χ1) is 6.90. The third-order valence-electron chi connectivity index (χ3n) is 1.83. The first kappa shape index (κ1) is 9.15. The third kappa shape index (κ3) is 1.90. The fourth-order valence-electron chi connectivity index (χ4n) is 1.11. The summed E-state index contributed by atoms with van der Waals surface area (Å²) in [6, 6.07) is 7.77. The summed E-state index contributed by atoms with van der Waals surface area (Å²) in [7, 11) is 0. The van der Waals surface area contributed by atoms with Gasteiger partial charge in [0.2, 0.25) is 0 Å². The van der Waals surface area contributed by atoms with Crippen molar-refractivity contribution in [2.45, 2.75) is 5.03 Å². The Morgan fingerprint density at radius 2 is 1.79 bits per heavy atom. The molecule has 14 heavy (non-hydrogen) atoms. The van der Waals surface area contributed by atoms with Crippen molar-refractivity contribution in [2.24, 2.45) is 0 Å². The highest BCUT2D eigenvalue weighted by Crippen LogP contribution is 2.16. The van der Waals surface area contributed by atoms with Crippen molar-refractivity contribution in [3.63, 3.8) is 0 Å². The van der Waals surface area contributed by atoms with E-state index in [9.17, 15) is 0 Å². The molecule has 0 saturated heterocycles. The number of aromatic nitrogens is 3. The van der Waals surface area contributed by atoms with Crippen LogP contribution in [-0.4, -0.2) is 21.4 Å². The van der Waals surface area contributed by atoms with Gasteiger partial charge in [0.05, 0.1) is 5.69 Å². The highest BCUT2D eigenvalue weighted by molar-refractivity contribution is 7.98. The third-order valence-corrected chi connectivity index (χ3v) is 2.46. The second-order valence-corrected chi connectivity index (χ2v) is 3.52. The van der Waals surface area contributed by atoms with Crippen LogP contribution in [0.25, 0.3) is 11.3 Å². The van der Waals surface area contributed by atoms with Crippen molar-refractivity contribution in [2.75, 3.05) is 6.26 Å². The van der Waals surface area contributed by atoms with Crippen molar-refractivity contribution in [1.29, 1.82) is 0 Å². The lowest BCUT2D eigenvalue weighted by molar-refractivity contribution is 0.937. The molecule has 2 rings (SSSR count). The Bertz CT molecular complexity index is 399. The molecular weight excluding hydrogens is 194 g/mol. The number of pyridine rings is 1. The molecule has 4 heteroatoms. The molecule has 2 aromatic rings. The van der Waals surface area contributed by atoms with Gasteiger partial charge in [0.1, 0.15) is 5.03 Å². The summed E-state index contributed by atoms with van der Waals surface area (Å²) in [5.74, 6) is 0. The Kier molecular flexibility index (Phi) is 2.74. The molecule has 0 spiro atoms. The van der Waals surface area contributed by atoms with Crippen LogP contribution in [0.15, 0.2) is 41.7 Å². The van der Waals surface area contributed by atoms with Crippen LogP contribution in [0.1, 0.15) is 0 Å². The van der Waals surface area contributed by atoms with E-state index in [0.29, 0.717) is 0 Å². The van der Waals surface area contributed by atoms with Gasteiger partial charge < -0.3 is 0 Å². The molecular formula is C10H9N3S. The Morgan fingerprint density at radius 1 is 1.00 bits per heavy atom. The summed E-state index contributed by atoms with van der Waals surface area (Å²) in [6.45, 7) is 0. The van der Waals surface area contributed by atoms with Gasteiger partial charge in [-0.05, 0) is 30.5 Å². The van der Waals surface area contributed by atoms with Gasteiger partial charge >= 0.3 is 0 Å². The molecule has 0 aliphatic carbocycles. The van der Waals surface area contributed by atoms with Crippen molar-refractivity contribution in [1.82, 2.24) is 15.2 Å². The lowest BCUT2D eigenvalue weighted by atomic mass is 10.2. The molecule has 0 radical (unpaired) electrons. The van der Waals surface area contributed by atoms with E-state index >= 15 is 0 Å². The van der Waals surface area contributed by atoms with E-state index in [1.165, 1.54) is 0 Å². The first-order valence-electron chi connectivity index (χ1n) is 4.18. The molecule has 2 heterocycles. The van der Waals surface area contributed by atoms with Crippen molar-refractivity contribution < 1.29 is 0 Å². The van der Waals surface area contributed by atoms with Crippen molar-refractivity contribution in [3.8, 4) is 11.3 Å². The largest absolute Gasteiger partial charge is 0.265 e. The topological polar surface area (TPSA) is 38.7 Å². The van der Waals surface area contributed by atoms with Gasteiger partial charge in [0, 0.05) is 18.0 Å². The summed E-state index contributed by atoms with van der Waals surface area (Å²) in [6.07, 6.45) is 5.48. The molecule has 0 aliphatic heterocycles. The van der Waals surface area contributed by atoms with Crippen LogP contribution in [0, 0.1) is 0 Å². The SMILES string of the molecule is CSc1ccc(-c2ccncc2)nn1. The molecule has 0 fully saturated rings. The molecule has 0 bridgehead atoms. The zero-order valence-corrected chi connectivity index (χ0v) is 8.53. The van der Waals surface area contributed by atoms with Gasteiger partial charge in [-0.2, -0.15) is 0 Å². The number of hydrogen-bond donors (Lipinski definition) is 0. The first-order valence-corrected chi connectivity index (χ1v) is 5.41. The normalized spacial score (nSPS) is 10.1. The van der Waals surface area contributed by atoms with Gasteiger partial charge in [-0.3, -0.25) is 4.98 Å². The maximum atomic E-state index is 4.12. The summed E-state index contributed by atoms with van der Waals surface area (Å²) in [4.78, 5) is 3.95. The summed E-state index contributed by atoms with van der Waals surface area (Å²) >= 11 is 1.59. The molecule has 0 amide bonds. The van der Waals surface area contributed by atoms with Gasteiger partial charge in [-0.25, -0.2) is 0 Å². The number of nitrogens with zero attached hydrogens (tertiary/aromatic N) is 3. The lowest BCUT2D eigenvalue weighted by Crippen LogP contribution is -1.88. The Labute approximate surface area is 86.6 Å². The molecule has 0 unspecified atom stereocenters. The summed E-state index contributed by atoms with van der Waals surface area (Å²) in [5, 5.41) is 9.12. The van der Waals surface area contributed by atoms with Crippen molar-refractivity contribution in [3.05, 3.63) is 36.7 Å². The fraction of sp³-hybridized carbons (Fsp3) is 0.100. The predicted molar refractivity (Wildman–Crippen MR) is 57.0 cm³/mol. The van der Waals surface area contributed by atoms with E-state index in [-0.39, 0.29) is 0 Å². The van der Waals surface area contributed by atoms with Gasteiger partial charge in [-0.1, -0.05) is 0 Å². The average molecular weight is 203 g/mol. The molecule has 0 aromatic carbocycles. The molecule has 0 aliphatic rings. The molecule has 3 nitrogen and oxygen atoms in total. The van der Waals surface area contributed by atoms with Gasteiger partial charge in [0.25, 0.3) is 0 Å². The number of hydrogen-bond acceptors (Lipinski definition) is 4. The molecule has 0 atom stereocenters. The summed E-state index contributed by atoms with van der Waals surface area (Å²) < 4.78 is 0. The van der Waals surface area contributed by atoms with E-state index in [0.717, 1.165) is 16.3 Å². The van der Waals surface area contributed by atoms with Crippen LogP contribution in [0.4, 0.5) is 0 Å². The van der Waals surface area contributed by atoms with Crippen LogP contribution in [-0.2, 0) is 0 Å². The molecule has 2 aromatic heterocycles. The second kappa shape index (κ2) is 4.19. The van der Waals surface area contributed by atoms with Crippen LogP contribution in [0.3, 0.4) is 0 Å². The minimum Gasteiger partial charge on any atom is -0.265 e. The van der Waals surface area contributed by atoms with E-state index in [2.05, 4.69) is 15.2 Å². The minimum absolute atomic E-state index is 0.880. The zero-order valence-electron chi connectivity index (χ0n) is 7.71. The van der Waals surface area contributed by atoms with Crippen LogP contribution >= 0.6 is 11.8 Å². The zero-order chi connectivity index (χ0) is 9.80. The van der Waals surface area contributed by atoms with E-state index in [1.807, 2.05) is 30.5 Å². The highest BCUT2D eigenvalue weighted by atomic mass is 32.2. The van der Waals surface area contributed by atoms with E-state index in [4.69, 9.17) is 0 Å². The van der Waals surface area contributed by atoms with Crippen LogP contribution in [0.5, 0.6) is 0 Å². The number of thioether (sulfide) groups is 1. The maximum Gasteiger partial charge on any atom is 0.119 e. The lowest BCUT2D eigenvalue weighted by Gasteiger charge is -1.99. The van der Waals surface area contributed by atoms with Crippen molar-refractivity contribution >= 4 is 11.8 Å². The number of rotatable bonds is 2. The van der Waals surface area contributed by atoms with E-state index < -0.39 is 0 Å².